The van der Waals surface area contributed by atoms with Crippen LogP contribution in [-0.4, -0.2) is 30.4 Å². The summed E-state index contributed by atoms with van der Waals surface area (Å²) in [6.45, 7) is 1.02. The fourth-order valence-electron chi connectivity index (χ4n) is 1.99. The van der Waals surface area contributed by atoms with Gasteiger partial charge in [-0.2, -0.15) is 0 Å². The zero-order valence-corrected chi connectivity index (χ0v) is 8.94. The molecule has 1 N–H and O–H groups in total. The van der Waals surface area contributed by atoms with E-state index in [9.17, 15) is 4.79 Å². The monoisotopic (exact) mass is 204 g/mol. The van der Waals surface area contributed by atoms with Gasteiger partial charge in [-0.1, -0.05) is 18.2 Å². The van der Waals surface area contributed by atoms with Gasteiger partial charge in [-0.15, -0.1) is 0 Å². The molecule has 3 heteroatoms. The van der Waals surface area contributed by atoms with Crippen molar-refractivity contribution in [3.63, 3.8) is 0 Å². The minimum absolute atomic E-state index is 0.0465. The fraction of sp³-hybridized carbons (Fsp3) is 0.417. The molecule has 1 atom stereocenters. The number of hydrogen-bond donors (Lipinski definition) is 1. The van der Waals surface area contributed by atoms with Crippen molar-refractivity contribution >= 4 is 11.6 Å². The molecule has 0 bridgehead atoms. The van der Waals surface area contributed by atoms with E-state index in [0.29, 0.717) is 0 Å². The minimum atomic E-state index is 0.0465. The summed E-state index contributed by atoms with van der Waals surface area (Å²) in [7, 11) is 2.00. The molecule has 2 rings (SSSR count). The third kappa shape index (κ3) is 2.36. The average molecular weight is 204 g/mol. The lowest BCUT2D eigenvalue weighted by Crippen LogP contribution is -2.37. The largest absolute Gasteiger partial charge is 0.325 e. The van der Waals surface area contributed by atoms with Crippen LogP contribution in [0.3, 0.4) is 0 Å². The van der Waals surface area contributed by atoms with Gasteiger partial charge < -0.3 is 5.32 Å². The molecule has 0 aromatic heterocycles. The number of benzene rings is 1. The van der Waals surface area contributed by atoms with Gasteiger partial charge in [0.25, 0.3) is 0 Å². The van der Waals surface area contributed by atoms with Crippen molar-refractivity contribution in [1.82, 2.24) is 4.90 Å². The predicted octanol–water partition coefficient (Wildman–Crippen LogP) is 1.72. The summed E-state index contributed by atoms with van der Waals surface area (Å²) in [5.41, 5.74) is 0.878. The van der Waals surface area contributed by atoms with Gasteiger partial charge in [0.2, 0.25) is 5.91 Å². The lowest BCUT2D eigenvalue weighted by molar-refractivity contribution is -0.119. The summed E-state index contributed by atoms with van der Waals surface area (Å²) in [5, 5.41) is 2.93. The van der Waals surface area contributed by atoms with Gasteiger partial charge in [0, 0.05) is 5.69 Å². The third-order valence-electron chi connectivity index (χ3n) is 2.86. The molecule has 1 aromatic rings. The van der Waals surface area contributed by atoms with E-state index in [1.807, 2.05) is 37.4 Å². The normalized spacial score (nSPS) is 21.5. The fourth-order valence-corrected chi connectivity index (χ4v) is 1.99. The number of carbonyl (C=O) groups excluding carboxylic acids is 1. The highest BCUT2D eigenvalue weighted by atomic mass is 16.2. The third-order valence-corrected chi connectivity index (χ3v) is 2.86. The number of amides is 1. The van der Waals surface area contributed by atoms with E-state index < -0.39 is 0 Å². The maximum Gasteiger partial charge on any atom is 0.241 e. The van der Waals surface area contributed by atoms with E-state index in [0.717, 1.165) is 25.1 Å². The van der Waals surface area contributed by atoms with Crippen molar-refractivity contribution in [2.24, 2.45) is 0 Å². The lowest BCUT2D eigenvalue weighted by Gasteiger charge is -2.18. The summed E-state index contributed by atoms with van der Waals surface area (Å²) < 4.78 is 0. The molecule has 1 aliphatic heterocycles. The van der Waals surface area contributed by atoms with Gasteiger partial charge in [-0.25, -0.2) is 0 Å². The number of carbonyl (C=O) groups is 1. The molecule has 1 fully saturated rings. The van der Waals surface area contributed by atoms with Crippen LogP contribution in [0.15, 0.2) is 30.3 Å². The number of nitrogens with zero attached hydrogens (tertiary/aromatic N) is 1. The van der Waals surface area contributed by atoms with Crippen LogP contribution in [0.2, 0.25) is 0 Å². The van der Waals surface area contributed by atoms with E-state index in [-0.39, 0.29) is 11.9 Å². The van der Waals surface area contributed by atoms with E-state index in [1.54, 1.807) is 0 Å². The van der Waals surface area contributed by atoms with Crippen molar-refractivity contribution in [2.75, 3.05) is 18.9 Å². The highest BCUT2D eigenvalue weighted by molar-refractivity contribution is 5.94. The maximum atomic E-state index is 11.9. The second-order valence-corrected chi connectivity index (χ2v) is 3.99. The van der Waals surface area contributed by atoms with Crippen molar-refractivity contribution in [3.8, 4) is 0 Å². The Morgan fingerprint density at radius 1 is 1.40 bits per heavy atom. The maximum absolute atomic E-state index is 11.9. The van der Waals surface area contributed by atoms with Crippen LogP contribution in [0.4, 0.5) is 5.69 Å². The number of para-hydroxylation sites is 1. The Labute approximate surface area is 90.1 Å². The van der Waals surface area contributed by atoms with Crippen LogP contribution in [0, 0.1) is 0 Å². The Kier molecular flexibility index (Phi) is 3.02. The summed E-state index contributed by atoms with van der Waals surface area (Å²) in [6, 6.07) is 9.66. The van der Waals surface area contributed by atoms with Gasteiger partial charge in [0.05, 0.1) is 6.04 Å². The average Bonchev–Trinajstić information content (AvgIpc) is 2.66. The Morgan fingerprint density at radius 2 is 2.13 bits per heavy atom. The van der Waals surface area contributed by atoms with Gasteiger partial charge >= 0.3 is 0 Å². The molecule has 0 spiro atoms. The molecule has 1 aliphatic rings. The molecule has 80 valence electrons. The molecule has 1 unspecified atom stereocenters. The first kappa shape index (κ1) is 10.2. The molecule has 1 amide bonds. The molecule has 0 radical (unpaired) electrons. The van der Waals surface area contributed by atoms with Gasteiger partial charge in [0.1, 0.15) is 0 Å². The van der Waals surface area contributed by atoms with Crippen LogP contribution in [0.25, 0.3) is 0 Å². The van der Waals surface area contributed by atoms with Crippen LogP contribution in [0.1, 0.15) is 12.8 Å². The Morgan fingerprint density at radius 3 is 2.73 bits per heavy atom. The standard InChI is InChI=1S/C12H16N2O/c1-14-9-5-8-11(14)12(15)13-10-6-3-2-4-7-10/h2-4,6-7,11H,5,8-9H2,1H3,(H,13,15). The number of anilines is 1. The first-order valence-corrected chi connectivity index (χ1v) is 5.33. The van der Waals surface area contributed by atoms with Crippen molar-refractivity contribution in [2.45, 2.75) is 18.9 Å². The first-order chi connectivity index (χ1) is 7.27. The zero-order valence-electron chi connectivity index (χ0n) is 8.94. The number of nitrogens with one attached hydrogen (secondary N) is 1. The second kappa shape index (κ2) is 4.45. The van der Waals surface area contributed by atoms with Crippen molar-refractivity contribution in [1.29, 1.82) is 0 Å². The van der Waals surface area contributed by atoms with E-state index in [1.165, 1.54) is 0 Å². The molecule has 3 nitrogen and oxygen atoms in total. The van der Waals surface area contributed by atoms with E-state index in [4.69, 9.17) is 0 Å². The Bertz CT molecular complexity index is 337. The smallest absolute Gasteiger partial charge is 0.241 e. The summed E-state index contributed by atoms with van der Waals surface area (Å²) in [5.74, 6) is 0.112. The highest BCUT2D eigenvalue weighted by Gasteiger charge is 2.27. The van der Waals surface area contributed by atoms with Crippen LogP contribution in [0.5, 0.6) is 0 Å². The molecular weight excluding hydrogens is 188 g/mol. The highest BCUT2D eigenvalue weighted by Crippen LogP contribution is 2.16. The van der Waals surface area contributed by atoms with Crippen molar-refractivity contribution < 1.29 is 4.79 Å². The Hall–Kier alpha value is -1.35. The number of rotatable bonds is 2. The molecule has 0 saturated carbocycles. The molecule has 1 aromatic carbocycles. The van der Waals surface area contributed by atoms with Gasteiger partial charge in [-0.3, -0.25) is 9.69 Å². The molecular formula is C12H16N2O. The number of likely N-dealkylation sites (N-methyl/N-ethyl adjacent to an activating group) is 1. The topological polar surface area (TPSA) is 32.3 Å². The van der Waals surface area contributed by atoms with E-state index in [2.05, 4.69) is 10.2 Å². The number of likely N-dealkylation sites (tertiary alicyclic amines) is 1. The molecule has 0 aliphatic carbocycles. The molecule has 1 saturated heterocycles. The molecule has 15 heavy (non-hydrogen) atoms. The van der Waals surface area contributed by atoms with Crippen LogP contribution < -0.4 is 5.32 Å². The van der Waals surface area contributed by atoms with Crippen LogP contribution >= 0.6 is 0 Å². The zero-order chi connectivity index (χ0) is 10.7. The van der Waals surface area contributed by atoms with Crippen LogP contribution in [-0.2, 0) is 4.79 Å². The summed E-state index contributed by atoms with van der Waals surface area (Å²) in [4.78, 5) is 14.0. The summed E-state index contributed by atoms with van der Waals surface area (Å²) >= 11 is 0. The molecule has 1 heterocycles. The summed E-state index contributed by atoms with van der Waals surface area (Å²) in [6.07, 6.45) is 2.08. The quantitative estimate of drug-likeness (QED) is 0.795. The van der Waals surface area contributed by atoms with Gasteiger partial charge in [0.15, 0.2) is 0 Å². The minimum Gasteiger partial charge on any atom is -0.325 e. The van der Waals surface area contributed by atoms with E-state index >= 15 is 0 Å². The predicted molar refractivity (Wildman–Crippen MR) is 60.7 cm³/mol. The van der Waals surface area contributed by atoms with Gasteiger partial charge in [-0.05, 0) is 38.6 Å². The lowest BCUT2D eigenvalue weighted by atomic mass is 10.2. The Balaban J connectivity index is 1.98. The SMILES string of the molecule is CN1CCCC1C(=O)Nc1ccccc1. The van der Waals surface area contributed by atoms with Crippen molar-refractivity contribution in [3.05, 3.63) is 30.3 Å². The number of hydrogen-bond acceptors (Lipinski definition) is 2. The first-order valence-electron chi connectivity index (χ1n) is 5.33. The second-order valence-electron chi connectivity index (χ2n) is 3.99.